The molecule has 5 nitrogen and oxygen atoms in total. The topological polar surface area (TPSA) is 75.6 Å². The van der Waals surface area contributed by atoms with Crippen molar-refractivity contribution in [2.24, 2.45) is 10.7 Å². The van der Waals surface area contributed by atoms with Gasteiger partial charge in [-0.05, 0) is 40.3 Å². The van der Waals surface area contributed by atoms with E-state index in [4.69, 9.17) is 22.4 Å². The van der Waals surface area contributed by atoms with Gasteiger partial charge in [-0.15, -0.1) is 0 Å². The summed E-state index contributed by atoms with van der Waals surface area (Å²) in [5, 5.41) is 6.03. The predicted molar refractivity (Wildman–Crippen MR) is 59.6 cm³/mol. The molecule has 1 aromatic rings. The van der Waals surface area contributed by atoms with E-state index in [1.807, 2.05) is 0 Å². The summed E-state index contributed by atoms with van der Waals surface area (Å²) >= 11 is 8.14. The molecule has 0 saturated heterocycles. The predicted octanol–water partition coefficient (Wildman–Crippen LogP) is 0.833. The van der Waals surface area contributed by atoms with Crippen LogP contribution in [0.5, 0.6) is 0 Å². The van der Waals surface area contributed by atoms with Crippen LogP contribution in [-0.4, -0.2) is 11.1 Å². The smallest absolute Gasteiger partial charge is 0.197 e. The fourth-order valence-electron chi connectivity index (χ4n) is 1.09. The number of halogens is 1. The minimum absolute atomic E-state index is 0.284. The Morgan fingerprint density at radius 3 is 2.93 bits per heavy atom. The summed E-state index contributed by atoms with van der Waals surface area (Å²) in [5.74, 6) is 0.940. The minimum atomic E-state index is -0.352. The minimum Gasteiger partial charge on any atom is -0.450 e. The van der Waals surface area contributed by atoms with Crippen molar-refractivity contribution in [2.45, 2.75) is 6.17 Å². The molecule has 0 spiro atoms. The summed E-state index contributed by atoms with van der Waals surface area (Å²) in [6.45, 7) is 0. The third-order valence-corrected chi connectivity index (χ3v) is 2.29. The molecule has 2 rings (SSSR count). The van der Waals surface area contributed by atoms with Gasteiger partial charge in [0.2, 0.25) is 0 Å². The molecule has 2 heterocycles. The lowest BCUT2D eigenvalue weighted by molar-refractivity contribution is 0.435. The second kappa shape index (κ2) is 3.58. The van der Waals surface area contributed by atoms with E-state index in [2.05, 4.69) is 31.6 Å². The van der Waals surface area contributed by atoms with E-state index in [0.717, 1.165) is 0 Å². The average Bonchev–Trinajstić information content (AvgIpc) is 2.50. The molecule has 1 aromatic heterocycles. The van der Waals surface area contributed by atoms with Crippen molar-refractivity contribution in [3.63, 3.8) is 0 Å². The number of aliphatic imine (C=N–C) groups is 1. The molecule has 0 bridgehead atoms. The first-order valence-corrected chi connectivity index (χ1v) is 5.01. The first-order valence-electron chi connectivity index (χ1n) is 3.81. The zero-order valence-electron chi connectivity index (χ0n) is 6.95. The van der Waals surface area contributed by atoms with Crippen LogP contribution in [0, 0.1) is 0 Å². The molecule has 0 fully saturated rings. The van der Waals surface area contributed by atoms with Gasteiger partial charge in [-0.1, -0.05) is 0 Å². The highest BCUT2D eigenvalue weighted by atomic mass is 79.9. The van der Waals surface area contributed by atoms with E-state index in [-0.39, 0.29) is 12.1 Å². The molecule has 1 aliphatic rings. The zero-order valence-corrected chi connectivity index (χ0v) is 9.35. The van der Waals surface area contributed by atoms with E-state index in [1.54, 1.807) is 12.1 Å². The molecule has 1 atom stereocenters. The molecule has 0 saturated carbocycles. The van der Waals surface area contributed by atoms with Gasteiger partial charge in [-0.25, -0.2) is 4.99 Å². The zero-order chi connectivity index (χ0) is 10.1. The first-order chi connectivity index (χ1) is 6.65. The van der Waals surface area contributed by atoms with Crippen molar-refractivity contribution >= 4 is 39.2 Å². The molecule has 4 N–H and O–H groups in total. The summed E-state index contributed by atoms with van der Waals surface area (Å²) < 4.78 is 5.97. The number of guanidine groups is 1. The lowest BCUT2D eigenvalue weighted by Gasteiger charge is -2.21. The van der Waals surface area contributed by atoms with Gasteiger partial charge in [0.25, 0.3) is 0 Å². The molecular weight excluding hydrogens is 268 g/mol. The van der Waals surface area contributed by atoms with Crippen LogP contribution >= 0.6 is 28.1 Å². The molecule has 0 amide bonds. The Bertz CT molecular complexity index is 402. The summed E-state index contributed by atoms with van der Waals surface area (Å²) in [5.41, 5.74) is 5.52. The van der Waals surface area contributed by atoms with Gasteiger partial charge >= 0.3 is 0 Å². The molecule has 0 unspecified atom stereocenters. The number of nitrogens with one attached hydrogen (secondary N) is 2. The van der Waals surface area contributed by atoms with E-state index in [1.165, 1.54) is 0 Å². The van der Waals surface area contributed by atoms with Gasteiger partial charge in [0.1, 0.15) is 5.76 Å². The van der Waals surface area contributed by atoms with Crippen molar-refractivity contribution in [1.82, 2.24) is 10.6 Å². The number of thiocarbonyl (C=S) groups is 1. The fraction of sp³-hybridized carbons (Fsp3) is 0.143. The third-order valence-electron chi connectivity index (χ3n) is 1.64. The highest BCUT2D eigenvalue weighted by molar-refractivity contribution is 9.10. The number of hydrogen-bond acceptors (Lipinski definition) is 4. The normalized spacial score (nSPS) is 21.1. The largest absolute Gasteiger partial charge is 0.450 e. The van der Waals surface area contributed by atoms with Gasteiger partial charge in [0, 0.05) is 0 Å². The number of nitrogens with two attached hydrogens (primary N) is 1. The van der Waals surface area contributed by atoms with Crippen LogP contribution in [0.3, 0.4) is 0 Å². The fourth-order valence-corrected chi connectivity index (χ4v) is 1.63. The van der Waals surface area contributed by atoms with Crippen LogP contribution in [0.4, 0.5) is 0 Å². The van der Waals surface area contributed by atoms with Crippen molar-refractivity contribution in [3.8, 4) is 0 Å². The van der Waals surface area contributed by atoms with Gasteiger partial charge < -0.3 is 20.8 Å². The van der Waals surface area contributed by atoms with Gasteiger partial charge in [0.15, 0.2) is 21.9 Å². The molecule has 74 valence electrons. The van der Waals surface area contributed by atoms with Crippen LogP contribution < -0.4 is 16.4 Å². The Morgan fingerprint density at radius 1 is 1.57 bits per heavy atom. The Balaban J connectivity index is 2.27. The third kappa shape index (κ3) is 1.88. The Morgan fingerprint density at radius 2 is 2.36 bits per heavy atom. The average molecular weight is 275 g/mol. The maximum Gasteiger partial charge on any atom is 0.197 e. The van der Waals surface area contributed by atoms with Gasteiger partial charge in [-0.2, -0.15) is 0 Å². The van der Waals surface area contributed by atoms with Crippen LogP contribution in [0.2, 0.25) is 0 Å². The summed E-state index contributed by atoms with van der Waals surface area (Å²) in [6, 6.07) is 3.58. The van der Waals surface area contributed by atoms with E-state index in [9.17, 15) is 0 Å². The molecule has 0 aromatic carbocycles. The van der Waals surface area contributed by atoms with Crippen LogP contribution in [0.15, 0.2) is 26.2 Å². The van der Waals surface area contributed by atoms with E-state index in [0.29, 0.717) is 15.5 Å². The summed E-state index contributed by atoms with van der Waals surface area (Å²) in [7, 11) is 0. The maximum absolute atomic E-state index is 5.52. The van der Waals surface area contributed by atoms with E-state index < -0.39 is 0 Å². The Hall–Kier alpha value is -1.08. The first kappa shape index (κ1) is 9.47. The van der Waals surface area contributed by atoms with Crippen LogP contribution in [0.25, 0.3) is 0 Å². The van der Waals surface area contributed by atoms with Crippen LogP contribution in [0.1, 0.15) is 11.9 Å². The summed E-state index contributed by atoms with van der Waals surface area (Å²) in [6.07, 6.45) is -0.352. The maximum atomic E-state index is 5.52. The number of rotatable bonds is 1. The molecule has 7 heteroatoms. The van der Waals surface area contributed by atoms with Gasteiger partial charge in [-0.3, -0.25) is 0 Å². The molecule has 14 heavy (non-hydrogen) atoms. The number of furan rings is 1. The van der Waals surface area contributed by atoms with E-state index >= 15 is 0 Å². The highest BCUT2D eigenvalue weighted by Crippen LogP contribution is 2.21. The second-order valence-corrected chi connectivity index (χ2v) is 3.85. The number of nitrogens with zero attached hydrogens (tertiary/aromatic N) is 1. The Labute approximate surface area is 93.9 Å². The monoisotopic (exact) mass is 274 g/mol. The lowest BCUT2D eigenvalue weighted by Crippen LogP contribution is -2.49. The van der Waals surface area contributed by atoms with Crippen molar-refractivity contribution in [3.05, 3.63) is 22.6 Å². The summed E-state index contributed by atoms with van der Waals surface area (Å²) in [4.78, 5) is 4.09. The second-order valence-electron chi connectivity index (χ2n) is 2.66. The Kier molecular flexibility index (Phi) is 2.42. The molecular formula is C7H7BrN4OS. The highest BCUT2D eigenvalue weighted by Gasteiger charge is 2.19. The van der Waals surface area contributed by atoms with Crippen molar-refractivity contribution < 1.29 is 4.42 Å². The molecule has 0 radical (unpaired) electrons. The lowest BCUT2D eigenvalue weighted by atomic mass is 10.3. The quantitative estimate of drug-likeness (QED) is 0.662. The van der Waals surface area contributed by atoms with Crippen LogP contribution in [-0.2, 0) is 0 Å². The molecule has 0 aliphatic carbocycles. The standard InChI is InChI=1S/C7H7BrN4OS/c8-4-2-1-3(13-4)5-10-6(9)12-7(14)11-5/h1-2,5H,(H4,9,10,11,12,14)/t5-/m0/s1. The van der Waals surface area contributed by atoms with Crippen molar-refractivity contribution in [2.75, 3.05) is 0 Å². The SMILES string of the molecule is NC1=N[C@H](c2ccc(Br)o2)NC(=S)N1. The van der Waals surface area contributed by atoms with Crippen molar-refractivity contribution in [1.29, 1.82) is 0 Å². The van der Waals surface area contributed by atoms with Gasteiger partial charge in [0.05, 0.1) is 0 Å². The molecule has 1 aliphatic heterocycles. The number of hydrogen-bond donors (Lipinski definition) is 3.